The average Bonchev–Trinajstić information content (AvgIpc) is 2.79. The van der Waals surface area contributed by atoms with Crippen LogP contribution < -0.4 is 5.32 Å². The Morgan fingerprint density at radius 1 is 1.50 bits per heavy atom. The highest BCUT2D eigenvalue weighted by atomic mass is 32.1. The summed E-state index contributed by atoms with van der Waals surface area (Å²) in [6.45, 7) is 0. The Hall–Kier alpha value is -1.27. The van der Waals surface area contributed by atoms with E-state index in [-0.39, 0.29) is 6.04 Å². The highest BCUT2D eigenvalue weighted by Crippen LogP contribution is 2.18. The van der Waals surface area contributed by atoms with Crippen LogP contribution in [0.15, 0.2) is 18.6 Å². The Morgan fingerprint density at radius 2 is 2.36 bits per heavy atom. The summed E-state index contributed by atoms with van der Waals surface area (Å²) in [6, 6.07) is 0.0856. The third kappa shape index (κ3) is 1.66. The summed E-state index contributed by atoms with van der Waals surface area (Å²) in [4.78, 5) is 0. The molecule has 0 aliphatic rings. The van der Waals surface area contributed by atoms with E-state index in [9.17, 15) is 0 Å². The Labute approximate surface area is 86.1 Å². The van der Waals surface area contributed by atoms with Gasteiger partial charge in [0.2, 0.25) is 0 Å². The first-order valence-corrected chi connectivity index (χ1v) is 4.97. The molecule has 6 heteroatoms. The lowest BCUT2D eigenvalue weighted by atomic mass is 10.1. The Bertz CT molecular complexity index is 394. The van der Waals surface area contributed by atoms with Gasteiger partial charge in [-0.25, -0.2) is 0 Å². The van der Waals surface area contributed by atoms with E-state index >= 15 is 0 Å². The van der Waals surface area contributed by atoms with E-state index in [0.29, 0.717) is 0 Å². The van der Waals surface area contributed by atoms with Crippen molar-refractivity contribution in [3.05, 3.63) is 29.8 Å². The second-order valence-electron chi connectivity index (χ2n) is 3.00. The molecule has 74 valence electrons. The van der Waals surface area contributed by atoms with E-state index in [0.717, 1.165) is 11.3 Å². The zero-order chi connectivity index (χ0) is 9.97. The molecule has 0 aliphatic heterocycles. The topological polar surface area (TPSA) is 55.6 Å². The molecule has 1 N–H and O–H groups in total. The zero-order valence-electron chi connectivity index (χ0n) is 8.01. The van der Waals surface area contributed by atoms with Crippen molar-refractivity contribution in [3.63, 3.8) is 0 Å². The van der Waals surface area contributed by atoms with Crippen LogP contribution in [0.25, 0.3) is 0 Å². The molecular weight excluding hydrogens is 198 g/mol. The van der Waals surface area contributed by atoms with Crippen molar-refractivity contribution in [1.82, 2.24) is 23.8 Å². The van der Waals surface area contributed by atoms with Gasteiger partial charge in [0.1, 0.15) is 0 Å². The smallest absolute Gasteiger partial charge is 0.0958 e. The normalized spacial score (nSPS) is 13.0. The van der Waals surface area contributed by atoms with E-state index in [1.807, 2.05) is 26.5 Å². The van der Waals surface area contributed by atoms with E-state index in [1.165, 1.54) is 11.7 Å². The van der Waals surface area contributed by atoms with Crippen molar-refractivity contribution in [2.24, 2.45) is 7.05 Å². The molecule has 14 heavy (non-hydrogen) atoms. The summed E-state index contributed by atoms with van der Waals surface area (Å²) in [7, 11) is 3.80. The molecule has 0 aliphatic carbocycles. The molecule has 2 heterocycles. The molecule has 0 saturated heterocycles. The van der Waals surface area contributed by atoms with Crippen LogP contribution in [-0.4, -0.2) is 25.6 Å². The maximum atomic E-state index is 4.20. The molecule has 2 aromatic heterocycles. The highest BCUT2D eigenvalue weighted by Gasteiger charge is 2.15. The summed E-state index contributed by atoms with van der Waals surface area (Å²) in [5.74, 6) is 0. The van der Waals surface area contributed by atoms with E-state index in [1.54, 1.807) is 10.9 Å². The van der Waals surface area contributed by atoms with Crippen LogP contribution >= 0.6 is 11.7 Å². The fourth-order valence-electron chi connectivity index (χ4n) is 1.37. The minimum atomic E-state index is 0.0856. The molecule has 0 aromatic carbocycles. The van der Waals surface area contributed by atoms with Gasteiger partial charge in [-0.1, -0.05) is 0 Å². The molecule has 0 saturated carbocycles. The van der Waals surface area contributed by atoms with Gasteiger partial charge in [-0.2, -0.15) is 13.8 Å². The van der Waals surface area contributed by atoms with Gasteiger partial charge >= 0.3 is 0 Å². The lowest BCUT2D eigenvalue weighted by molar-refractivity contribution is 0.675. The van der Waals surface area contributed by atoms with Crippen molar-refractivity contribution in [3.8, 4) is 0 Å². The first-order chi connectivity index (χ1) is 6.81. The van der Waals surface area contributed by atoms with Gasteiger partial charge in [-0.3, -0.25) is 4.68 Å². The van der Waals surface area contributed by atoms with Crippen LogP contribution in [0.1, 0.15) is 17.3 Å². The van der Waals surface area contributed by atoms with Crippen LogP contribution in [0.3, 0.4) is 0 Å². The van der Waals surface area contributed by atoms with E-state index < -0.39 is 0 Å². The van der Waals surface area contributed by atoms with Crippen LogP contribution in [-0.2, 0) is 7.05 Å². The lowest BCUT2D eigenvalue weighted by Gasteiger charge is -2.09. The maximum absolute atomic E-state index is 4.20. The third-order valence-electron chi connectivity index (χ3n) is 2.02. The minimum Gasteiger partial charge on any atom is -0.308 e. The van der Waals surface area contributed by atoms with Gasteiger partial charge in [0.25, 0.3) is 0 Å². The summed E-state index contributed by atoms with van der Waals surface area (Å²) >= 11 is 1.22. The SMILES string of the molecule is CNC(c1cnn(C)c1)c1cnsn1. The number of rotatable bonds is 3. The van der Waals surface area contributed by atoms with E-state index in [2.05, 4.69) is 19.2 Å². The molecule has 0 bridgehead atoms. The lowest BCUT2D eigenvalue weighted by Crippen LogP contribution is -2.17. The predicted octanol–water partition coefficient (Wildman–Crippen LogP) is 0.580. The summed E-state index contributed by atoms with van der Waals surface area (Å²) < 4.78 is 9.97. The molecule has 1 unspecified atom stereocenters. The second kappa shape index (κ2) is 3.85. The summed E-state index contributed by atoms with van der Waals surface area (Å²) in [5.41, 5.74) is 2.04. The highest BCUT2D eigenvalue weighted by molar-refractivity contribution is 6.99. The Kier molecular flexibility index (Phi) is 2.55. The molecule has 5 nitrogen and oxygen atoms in total. The van der Waals surface area contributed by atoms with Gasteiger partial charge in [0, 0.05) is 18.8 Å². The Balaban J connectivity index is 2.31. The van der Waals surface area contributed by atoms with Gasteiger partial charge in [-0.05, 0) is 7.05 Å². The predicted molar refractivity (Wildman–Crippen MR) is 54.0 cm³/mol. The van der Waals surface area contributed by atoms with Gasteiger partial charge in [0.05, 0.1) is 35.9 Å². The van der Waals surface area contributed by atoms with Crippen molar-refractivity contribution in [1.29, 1.82) is 0 Å². The van der Waals surface area contributed by atoms with Gasteiger partial charge in [0.15, 0.2) is 0 Å². The first-order valence-electron chi connectivity index (χ1n) is 4.24. The van der Waals surface area contributed by atoms with Crippen LogP contribution in [0.2, 0.25) is 0 Å². The largest absolute Gasteiger partial charge is 0.308 e. The number of nitrogens with one attached hydrogen (secondary N) is 1. The molecule has 0 amide bonds. The van der Waals surface area contributed by atoms with Crippen molar-refractivity contribution in [2.75, 3.05) is 7.05 Å². The van der Waals surface area contributed by atoms with Crippen LogP contribution in [0, 0.1) is 0 Å². The number of aromatic nitrogens is 4. The standard InChI is InChI=1S/C8H11N5S/c1-9-8(7-4-11-14-12-7)6-3-10-13(2)5-6/h3-5,8-9H,1-2H3. The fraction of sp³-hybridized carbons (Fsp3) is 0.375. The monoisotopic (exact) mass is 209 g/mol. The van der Waals surface area contributed by atoms with Crippen LogP contribution in [0.4, 0.5) is 0 Å². The number of hydrogen-bond acceptors (Lipinski definition) is 5. The second-order valence-corrected chi connectivity index (χ2v) is 3.56. The average molecular weight is 209 g/mol. The maximum Gasteiger partial charge on any atom is 0.0958 e. The number of nitrogens with zero attached hydrogens (tertiary/aromatic N) is 4. The Morgan fingerprint density at radius 3 is 2.86 bits per heavy atom. The fourth-order valence-corrected chi connectivity index (χ4v) is 1.82. The number of hydrogen-bond donors (Lipinski definition) is 1. The molecule has 0 radical (unpaired) electrons. The minimum absolute atomic E-state index is 0.0856. The van der Waals surface area contributed by atoms with Gasteiger partial charge < -0.3 is 5.32 Å². The molecule has 2 aromatic rings. The quantitative estimate of drug-likeness (QED) is 0.803. The summed E-state index contributed by atoms with van der Waals surface area (Å²) in [6.07, 6.45) is 5.58. The summed E-state index contributed by atoms with van der Waals surface area (Å²) in [5, 5.41) is 7.31. The molecule has 0 spiro atoms. The first kappa shape index (κ1) is 9.29. The van der Waals surface area contributed by atoms with Crippen molar-refractivity contribution < 1.29 is 0 Å². The molecule has 0 fully saturated rings. The molecule has 1 atom stereocenters. The van der Waals surface area contributed by atoms with Crippen LogP contribution in [0.5, 0.6) is 0 Å². The third-order valence-corrected chi connectivity index (χ3v) is 2.51. The zero-order valence-corrected chi connectivity index (χ0v) is 8.82. The molecule has 2 rings (SSSR count). The van der Waals surface area contributed by atoms with Gasteiger partial charge in [-0.15, -0.1) is 0 Å². The number of aryl methyl sites for hydroxylation is 1. The molecular formula is C8H11N5S. The van der Waals surface area contributed by atoms with Crippen molar-refractivity contribution in [2.45, 2.75) is 6.04 Å². The van der Waals surface area contributed by atoms with E-state index in [4.69, 9.17) is 0 Å². The van der Waals surface area contributed by atoms with Crippen molar-refractivity contribution >= 4 is 11.7 Å².